The first-order chi connectivity index (χ1) is 9.66. The van der Waals surface area contributed by atoms with Gasteiger partial charge in [0.2, 0.25) is 0 Å². The quantitative estimate of drug-likeness (QED) is 0.851. The van der Waals surface area contributed by atoms with Gasteiger partial charge in [0.1, 0.15) is 12.1 Å². The number of aromatic nitrogens is 1. The predicted octanol–water partition coefficient (Wildman–Crippen LogP) is 2.43. The maximum absolute atomic E-state index is 14.0. The topological polar surface area (TPSA) is 51.4 Å². The monoisotopic (exact) mass is 275 g/mol. The van der Waals surface area contributed by atoms with Crippen LogP contribution in [0.2, 0.25) is 0 Å². The number of ether oxygens (including phenoxy) is 1. The van der Waals surface area contributed by atoms with Crippen LogP contribution in [-0.2, 0) is 0 Å². The van der Waals surface area contributed by atoms with Gasteiger partial charge in [-0.2, -0.15) is 0 Å². The molecule has 1 aliphatic carbocycles. The second-order valence-electron chi connectivity index (χ2n) is 5.24. The second-order valence-corrected chi connectivity index (χ2v) is 5.24. The molecule has 2 aromatic rings. The van der Waals surface area contributed by atoms with E-state index in [0.29, 0.717) is 23.9 Å². The van der Waals surface area contributed by atoms with Gasteiger partial charge in [-0.25, -0.2) is 4.39 Å². The number of halogens is 1. The molecule has 106 valence electrons. The van der Waals surface area contributed by atoms with Crippen molar-refractivity contribution in [2.45, 2.75) is 18.9 Å². The molecule has 3 rings (SSSR count). The molecule has 4 nitrogen and oxygen atoms in total. The Labute approximate surface area is 117 Å². The van der Waals surface area contributed by atoms with Crippen LogP contribution in [0, 0.1) is 5.82 Å². The third-order valence-corrected chi connectivity index (χ3v) is 3.69. The molecule has 0 atom stereocenters. The lowest BCUT2D eigenvalue weighted by Gasteiger charge is -2.17. The number of anilines is 1. The first kappa shape index (κ1) is 13.1. The second kappa shape index (κ2) is 5.25. The van der Waals surface area contributed by atoms with Crippen molar-refractivity contribution < 1.29 is 9.13 Å². The van der Waals surface area contributed by atoms with Crippen molar-refractivity contribution in [3.05, 3.63) is 30.2 Å². The van der Waals surface area contributed by atoms with Crippen LogP contribution in [0.5, 0.6) is 5.75 Å². The van der Waals surface area contributed by atoms with Crippen molar-refractivity contribution >= 4 is 16.6 Å². The van der Waals surface area contributed by atoms with Crippen LogP contribution in [0.4, 0.5) is 10.1 Å². The maximum atomic E-state index is 14.0. The molecule has 1 aromatic carbocycles. The standard InChI is InChI=1S/C15H18FN3O/c1-19(10-4-5-10)7-8-20-15-12(16)9-13(17)11-3-2-6-18-14(11)15/h2-3,6,9-10H,4-5,7-8,17H2,1H3. The number of rotatable bonds is 5. The van der Waals surface area contributed by atoms with E-state index in [1.54, 1.807) is 12.3 Å². The highest BCUT2D eigenvalue weighted by molar-refractivity contribution is 5.94. The van der Waals surface area contributed by atoms with Crippen molar-refractivity contribution in [1.29, 1.82) is 0 Å². The molecule has 1 aliphatic rings. The third kappa shape index (κ3) is 2.54. The van der Waals surface area contributed by atoms with E-state index >= 15 is 0 Å². The lowest BCUT2D eigenvalue weighted by atomic mass is 10.1. The molecule has 2 N–H and O–H groups in total. The van der Waals surface area contributed by atoms with Crippen molar-refractivity contribution in [2.75, 3.05) is 25.9 Å². The number of fused-ring (bicyclic) bond motifs is 1. The van der Waals surface area contributed by atoms with Crippen LogP contribution < -0.4 is 10.5 Å². The summed E-state index contributed by atoms with van der Waals surface area (Å²) < 4.78 is 19.6. The summed E-state index contributed by atoms with van der Waals surface area (Å²) in [4.78, 5) is 6.43. The zero-order valence-electron chi connectivity index (χ0n) is 11.5. The molecule has 20 heavy (non-hydrogen) atoms. The lowest BCUT2D eigenvalue weighted by molar-refractivity contribution is 0.227. The highest BCUT2D eigenvalue weighted by Gasteiger charge is 2.25. The summed E-state index contributed by atoms with van der Waals surface area (Å²) in [5, 5.41) is 0.722. The summed E-state index contributed by atoms with van der Waals surface area (Å²) >= 11 is 0. The largest absolute Gasteiger partial charge is 0.487 e. The van der Waals surface area contributed by atoms with Crippen LogP contribution in [-0.4, -0.2) is 36.1 Å². The average Bonchev–Trinajstić information content (AvgIpc) is 3.27. The molecule has 0 amide bonds. The summed E-state index contributed by atoms with van der Waals surface area (Å²) in [5.74, 6) is -0.262. The summed E-state index contributed by atoms with van der Waals surface area (Å²) in [6, 6.07) is 5.57. The molecule has 0 saturated heterocycles. The van der Waals surface area contributed by atoms with Gasteiger partial charge in [0.25, 0.3) is 0 Å². The Morgan fingerprint density at radius 3 is 3.05 bits per heavy atom. The van der Waals surface area contributed by atoms with Gasteiger partial charge in [-0.05, 0) is 32.0 Å². The van der Waals surface area contributed by atoms with Crippen molar-refractivity contribution in [3.63, 3.8) is 0 Å². The minimum absolute atomic E-state index is 0.194. The summed E-state index contributed by atoms with van der Waals surface area (Å²) in [5.41, 5.74) is 6.67. The predicted molar refractivity (Wildman–Crippen MR) is 77.3 cm³/mol. The molecule has 1 aromatic heterocycles. The first-order valence-corrected chi connectivity index (χ1v) is 6.82. The Morgan fingerprint density at radius 2 is 2.30 bits per heavy atom. The maximum Gasteiger partial charge on any atom is 0.181 e. The number of pyridine rings is 1. The van der Waals surface area contributed by atoms with Crippen LogP contribution in [0.25, 0.3) is 10.9 Å². The van der Waals surface area contributed by atoms with Crippen LogP contribution in [0.1, 0.15) is 12.8 Å². The molecule has 0 radical (unpaired) electrons. The van der Waals surface area contributed by atoms with E-state index in [0.717, 1.165) is 11.9 Å². The number of hydrogen-bond donors (Lipinski definition) is 1. The van der Waals surface area contributed by atoms with Gasteiger partial charge in [-0.3, -0.25) is 4.98 Å². The van der Waals surface area contributed by atoms with Crippen LogP contribution in [0.15, 0.2) is 24.4 Å². The number of nitrogens with two attached hydrogens (primary N) is 1. The van der Waals surface area contributed by atoms with E-state index in [1.165, 1.54) is 18.9 Å². The fourth-order valence-corrected chi connectivity index (χ4v) is 2.34. The van der Waals surface area contributed by atoms with E-state index in [-0.39, 0.29) is 5.75 Å². The summed E-state index contributed by atoms with van der Waals surface area (Å²) in [7, 11) is 2.07. The minimum Gasteiger partial charge on any atom is -0.487 e. The highest BCUT2D eigenvalue weighted by Crippen LogP contribution is 2.31. The Hall–Kier alpha value is -1.88. The molecule has 5 heteroatoms. The third-order valence-electron chi connectivity index (χ3n) is 3.69. The number of nitrogen functional groups attached to an aromatic ring is 1. The number of nitrogens with zero attached hydrogens (tertiary/aromatic N) is 2. The molecular weight excluding hydrogens is 257 g/mol. The SMILES string of the molecule is CN(CCOc1c(F)cc(N)c2cccnc12)C1CC1. The molecule has 1 saturated carbocycles. The van der Waals surface area contributed by atoms with Crippen LogP contribution in [0.3, 0.4) is 0 Å². The van der Waals surface area contributed by atoms with Gasteiger partial charge in [0, 0.05) is 35.9 Å². The summed E-state index contributed by atoms with van der Waals surface area (Å²) in [6.45, 7) is 1.22. The lowest BCUT2D eigenvalue weighted by Crippen LogP contribution is -2.26. The van der Waals surface area contributed by atoms with Gasteiger partial charge in [-0.15, -0.1) is 0 Å². The van der Waals surface area contributed by atoms with Gasteiger partial charge in [0.15, 0.2) is 11.6 Å². The minimum atomic E-state index is -0.456. The van der Waals surface area contributed by atoms with Crippen molar-refractivity contribution in [1.82, 2.24) is 9.88 Å². The van der Waals surface area contributed by atoms with E-state index in [9.17, 15) is 4.39 Å². The molecule has 0 unspecified atom stereocenters. The van der Waals surface area contributed by atoms with Gasteiger partial charge >= 0.3 is 0 Å². The Kier molecular flexibility index (Phi) is 3.44. The van der Waals surface area contributed by atoms with Gasteiger partial charge in [-0.1, -0.05) is 0 Å². The fourth-order valence-electron chi connectivity index (χ4n) is 2.34. The number of benzene rings is 1. The molecule has 1 heterocycles. The molecule has 0 spiro atoms. The number of hydrogen-bond acceptors (Lipinski definition) is 4. The van der Waals surface area contributed by atoms with E-state index in [1.807, 2.05) is 6.07 Å². The van der Waals surface area contributed by atoms with Crippen molar-refractivity contribution in [3.8, 4) is 5.75 Å². The van der Waals surface area contributed by atoms with Crippen molar-refractivity contribution in [2.24, 2.45) is 0 Å². The zero-order chi connectivity index (χ0) is 14.1. The molecule has 1 fully saturated rings. The highest BCUT2D eigenvalue weighted by atomic mass is 19.1. The van der Waals surface area contributed by atoms with Crippen LogP contribution >= 0.6 is 0 Å². The number of likely N-dealkylation sites (N-methyl/N-ethyl adjacent to an activating group) is 1. The fraction of sp³-hybridized carbons (Fsp3) is 0.400. The first-order valence-electron chi connectivity index (χ1n) is 6.82. The van der Waals surface area contributed by atoms with E-state index < -0.39 is 5.82 Å². The smallest absolute Gasteiger partial charge is 0.181 e. The average molecular weight is 275 g/mol. The Balaban J connectivity index is 1.79. The molecule has 0 bridgehead atoms. The summed E-state index contributed by atoms with van der Waals surface area (Å²) in [6.07, 6.45) is 4.11. The van der Waals surface area contributed by atoms with E-state index in [2.05, 4.69) is 16.9 Å². The van der Waals surface area contributed by atoms with E-state index in [4.69, 9.17) is 10.5 Å². The van der Waals surface area contributed by atoms with Gasteiger partial charge in [0.05, 0.1) is 0 Å². The Morgan fingerprint density at radius 1 is 1.50 bits per heavy atom. The molecule has 0 aliphatic heterocycles. The normalized spacial score (nSPS) is 14.9. The zero-order valence-corrected chi connectivity index (χ0v) is 11.5. The Bertz CT molecular complexity index is 628. The molecular formula is C15H18FN3O. The van der Waals surface area contributed by atoms with Gasteiger partial charge < -0.3 is 15.4 Å².